The zero-order valence-electron chi connectivity index (χ0n) is 18.2. The zero-order chi connectivity index (χ0) is 21.7. The summed E-state index contributed by atoms with van der Waals surface area (Å²) in [5.41, 5.74) is 3.76. The summed E-state index contributed by atoms with van der Waals surface area (Å²) in [7, 11) is 1.56. The van der Waals surface area contributed by atoms with Crippen molar-refractivity contribution in [3.8, 4) is 5.75 Å². The summed E-state index contributed by atoms with van der Waals surface area (Å²) in [6.45, 7) is 7.06. The van der Waals surface area contributed by atoms with E-state index in [4.69, 9.17) is 4.74 Å². The molecule has 160 valence electrons. The lowest BCUT2D eigenvalue weighted by molar-refractivity contribution is -0.916. The van der Waals surface area contributed by atoms with Gasteiger partial charge in [0.1, 0.15) is 12.3 Å². The molecule has 1 atom stereocenters. The summed E-state index contributed by atoms with van der Waals surface area (Å²) < 4.78 is 5.36. The molecule has 1 saturated carbocycles. The van der Waals surface area contributed by atoms with Crippen molar-refractivity contribution in [1.82, 2.24) is 0 Å². The van der Waals surface area contributed by atoms with E-state index >= 15 is 0 Å². The van der Waals surface area contributed by atoms with Gasteiger partial charge >= 0.3 is 0 Å². The van der Waals surface area contributed by atoms with Crippen molar-refractivity contribution in [2.45, 2.75) is 52.1 Å². The highest BCUT2D eigenvalue weighted by Gasteiger charge is 2.34. The third-order valence-corrected chi connectivity index (χ3v) is 5.41. The van der Waals surface area contributed by atoms with Crippen molar-refractivity contribution in [3.63, 3.8) is 0 Å². The molecule has 0 aliphatic heterocycles. The van der Waals surface area contributed by atoms with Crippen molar-refractivity contribution in [2.24, 2.45) is 0 Å². The van der Waals surface area contributed by atoms with E-state index in [0.717, 1.165) is 19.4 Å². The summed E-state index contributed by atoms with van der Waals surface area (Å²) in [4.78, 5) is 25.4. The number of amides is 2. The second kappa shape index (κ2) is 9.76. The van der Waals surface area contributed by atoms with Crippen LogP contribution in [0, 0.1) is 0 Å². The fourth-order valence-corrected chi connectivity index (χ4v) is 3.61. The molecule has 3 rings (SSSR count). The number of ether oxygens (including phenoxy) is 1. The molecule has 0 bridgehead atoms. The van der Waals surface area contributed by atoms with Crippen molar-refractivity contribution < 1.29 is 19.2 Å². The third-order valence-electron chi connectivity index (χ3n) is 5.41. The number of carbonyl (C=O) groups is 2. The molecule has 0 heterocycles. The Morgan fingerprint density at radius 1 is 1.10 bits per heavy atom. The molecule has 1 aliphatic carbocycles. The fraction of sp³-hybridized carbons (Fsp3) is 0.417. The molecule has 30 heavy (non-hydrogen) atoms. The van der Waals surface area contributed by atoms with Crippen LogP contribution in [0.3, 0.4) is 0 Å². The maximum absolute atomic E-state index is 12.8. The van der Waals surface area contributed by atoms with E-state index < -0.39 is 0 Å². The molecule has 6 nitrogen and oxygen atoms in total. The Morgan fingerprint density at radius 2 is 1.80 bits per heavy atom. The van der Waals surface area contributed by atoms with Gasteiger partial charge in [-0.05, 0) is 29.7 Å². The minimum Gasteiger partial charge on any atom is -0.495 e. The van der Waals surface area contributed by atoms with Crippen molar-refractivity contribution >= 4 is 23.2 Å². The number of benzene rings is 2. The molecule has 1 aliphatic rings. The van der Waals surface area contributed by atoms with Gasteiger partial charge in [0.05, 0.1) is 18.8 Å². The number of hydrogen-bond donors (Lipinski definition) is 3. The molecule has 0 spiro atoms. The molecule has 1 fully saturated rings. The lowest BCUT2D eigenvalue weighted by atomic mass is 10.0. The van der Waals surface area contributed by atoms with Crippen LogP contribution in [0.4, 0.5) is 11.4 Å². The average Bonchev–Trinajstić information content (AvgIpc) is 3.53. The second-order valence-electron chi connectivity index (χ2n) is 8.33. The zero-order valence-corrected chi connectivity index (χ0v) is 18.2. The minimum absolute atomic E-state index is 0.0611. The van der Waals surface area contributed by atoms with Crippen molar-refractivity contribution in [1.29, 1.82) is 0 Å². The Kier molecular flexibility index (Phi) is 7.11. The van der Waals surface area contributed by atoms with Crippen LogP contribution in [-0.2, 0) is 16.1 Å². The van der Waals surface area contributed by atoms with Gasteiger partial charge in [-0.25, -0.2) is 0 Å². The number of carbonyl (C=O) groups excluding carboxylic acids is 2. The molecule has 0 saturated heterocycles. The summed E-state index contributed by atoms with van der Waals surface area (Å²) in [6, 6.07) is 14.5. The molecular formula is C24H32N3O3+. The Bertz CT molecular complexity index is 889. The van der Waals surface area contributed by atoms with Gasteiger partial charge in [0.2, 0.25) is 5.91 Å². The Balaban J connectivity index is 1.66. The second-order valence-corrected chi connectivity index (χ2v) is 8.33. The normalized spacial score (nSPS) is 14.3. The number of anilines is 2. The smallest absolute Gasteiger partial charge is 0.279 e. The first kappa shape index (κ1) is 21.8. The molecule has 0 aromatic heterocycles. The highest BCUT2D eigenvalue weighted by molar-refractivity contribution is 5.95. The number of rotatable bonds is 9. The highest BCUT2D eigenvalue weighted by atomic mass is 16.5. The van der Waals surface area contributed by atoms with Crippen LogP contribution in [-0.4, -0.2) is 31.5 Å². The van der Waals surface area contributed by atoms with Crippen LogP contribution in [0.25, 0.3) is 0 Å². The molecule has 2 amide bonds. The van der Waals surface area contributed by atoms with Gasteiger partial charge in [0.25, 0.3) is 5.91 Å². The number of nitrogens with one attached hydrogen (secondary N) is 3. The molecule has 2 aromatic carbocycles. The monoisotopic (exact) mass is 410 g/mol. The summed E-state index contributed by atoms with van der Waals surface area (Å²) in [5.74, 6) is 0.855. The molecule has 3 N–H and O–H groups in total. The molecule has 6 heteroatoms. The predicted molar refractivity (Wildman–Crippen MR) is 119 cm³/mol. The number of hydrogen-bond acceptors (Lipinski definition) is 3. The fourth-order valence-electron chi connectivity index (χ4n) is 3.61. The van der Waals surface area contributed by atoms with Crippen LogP contribution < -0.4 is 20.3 Å². The van der Waals surface area contributed by atoms with Gasteiger partial charge in [0, 0.05) is 31.0 Å². The van der Waals surface area contributed by atoms with E-state index in [0.29, 0.717) is 35.6 Å². The quantitative estimate of drug-likeness (QED) is 0.595. The van der Waals surface area contributed by atoms with Crippen LogP contribution in [0.2, 0.25) is 0 Å². The van der Waals surface area contributed by atoms with Gasteiger partial charge in [-0.1, -0.05) is 38.1 Å². The lowest BCUT2D eigenvalue weighted by Gasteiger charge is -2.20. The first-order valence-corrected chi connectivity index (χ1v) is 10.5. The Morgan fingerprint density at radius 3 is 2.37 bits per heavy atom. The van der Waals surface area contributed by atoms with E-state index in [9.17, 15) is 9.59 Å². The van der Waals surface area contributed by atoms with Crippen LogP contribution in [0.5, 0.6) is 5.75 Å². The van der Waals surface area contributed by atoms with E-state index in [1.165, 1.54) is 23.0 Å². The van der Waals surface area contributed by atoms with Gasteiger partial charge < -0.3 is 20.3 Å². The SMILES string of the molecule is COc1ccc(NC(C)=O)cc1NC(=O)C[NH+](Cc1ccc(C(C)C)cc1)C1CC1. The summed E-state index contributed by atoms with van der Waals surface area (Å²) in [5, 5.41) is 5.69. The Labute approximate surface area is 178 Å². The largest absolute Gasteiger partial charge is 0.495 e. The van der Waals surface area contributed by atoms with E-state index in [1.54, 1.807) is 25.3 Å². The average molecular weight is 411 g/mol. The third kappa shape index (κ3) is 6.07. The lowest BCUT2D eigenvalue weighted by Crippen LogP contribution is -3.13. The van der Waals surface area contributed by atoms with Gasteiger partial charge in [-0.15, -0.1) is 0 Å². The van der Waals surface area contributed by atoms with Crippen molar-refractivity contribution in [2.75, 3.05) is 24.3 Å². The maximum atomic E-state index is 12.8. The van der Waals surface area contributed by atoms with Crippen LogP contribution in [0.15, 0.2) is 42.5 Å². The first-order chi connectivity index (χ1) is 14.4. The van der Waals surface area contributed by atoms with E-state index in [1.807, 2.05) is 0 Å². The summed E-state index contributed by atoms with van der Waals surface area (Å²) >= 11 is 0. The standard InChI is InChI=1S/C24H31N3O3/c1-16(2)19-7-5-18(6-8-19)14-27(21-10-11-21)15-24(29)26-22-13-20(25-17(3)28)9-12-23(22)30-4/h5-9,12-13,16,21H,10-11,14-15H2,1-4H3,(H,25,28)(H,26,29)/p+1. The van der Waals surface area contributed by atoms with Gasteiger partial charge in [-0.3, -0.25) is 9.59 Å². The maximum Gasteiger partial charge on any atom is 0.279 e. The molecule has 2 aromatic rings. The molecule has 1 unspecified atom stereocenters. The molecular weight excluding hydrogens is 378 g/mol. The minimum atomic E-state index is -0.162. The van der Waals surface area contributed by atoms with E-state index in [-0.39, 0.29) is 11.8 Å². The van der Waals surface area contributed by atoms with Crippen LogP contribution >= 0.6 is 0 Å². The van der Waals surface area contributed by atoms with Gasteiger partial charge in [-0.2, -0.15) is 0 Å². The molecule has 0 radical (unpaired) electrons. The van der Waals surface area contributed by atoms with E-state index in [2.05, 4.69) is 48.7 Å². The highest BCUT2D eigenvalue weighted by Crippen LogP contribution is 2.27. The topological polar surface area (TPSA) is 71.9 Å². The number of quaternary nitrogens is 1. The van der Waals surface area contributed by atoms with Crippen molar-refractivity contribution in [3.05, 3.63) is 53.6 Å². The first-order valence-electron chi connectivity index (χ1n) is 10.5. The number of methoxy groups -OCH3 is 1. The summed E-state index contributed by atoms with van der Waals surface area (Å²) in [6.07, 6.45) is 2.32. The van der Waals surface area contributed by atoms with Crippen LogP contribution in [0.1, 0.15) is 50.7 Å². The Hall–Kier alpha value is -2.86. The van der Waals surface area contributed by atoms with Gasteiger partial charge in [0.15, 0.2) is 6.54 Å². The predicted octanol–water partition coefficient (Wildman–Crippen LogP) is 2.96.